The molecule has 0 fully saturated rings. The summed E-state index contributed by atoms with van der Waals surface area (Å²) in [5.41, 5.74) is 3.04. The van der Waals surface area contributed by atoms with E-state index >= 15 is 0 Å². The van der Waals surface area contributed by atoms with Crippen molar-refractivity contribution in [2.45, 2.75) is 12.8 Å². The molecule has 3 amide bonds. The number of aryl methyl sites for hydroxylation is 1. The quantitative estimate of drug-likeness (QED) is 0.548. The Labute approximate surface area is 185 Å². The molecule has 0 unspecified atom stereocenters. The number of anilines is 3. The molecule has 0 radical (unpaired) electrons. The van der Waals surface area contributed by atoms with E-state index in [0.29, 0.717) is 34.4 Å². The van der Waals surface area contributed by atoms with Crippen molar-refractivity contribution in [2.24, 2.45) is 0 Å². The van der Waals surface area contributed by atoms with E-state index in [1.807, 2.05) is 18.2 Å². The first kappa shape index (κ1) is 20.8. The number of fused-ring (bicyclic) bond motifs is 1. The molecule has 0 spiro atoms. The van der Waals surface area contributed by atoms with E-state index < -0.39 is 6.03 Å². The molecule has 31 heavy (non-hydrogen) atoms. The summed E-state index contributed by atoms with van der Waals surface area (Å²) in [7, 11) is 0. The van der Waals surface area contributed by atoms with Crippen LogP contribution in [0.15, 0.2) is 72.8 Å². The first-order valence-electron chi connectivity index (χ1n) is 10.0. The fraction of sp³-hybridized carbons (Fsp3) is 0.167. The molecule has 0 aliphatic carbocycles. The van der Waals surface area contributed by atoms with Gasteiger partial charge in [0, 0.05) is 22.9 Å². The number of rotatable bonds is 6. The Balaban J connectivity index is 1.43. The molecule has 7 heteroatoms. The lowest BCUT2D eigenvalue weighted by Crippen LogP contribution is -2.39. The number of urea groups is 1. The van der Waals surface area contributed by atoms with Gasteiger partial charge in [-0.3, -0.25) is 4.79 Å². The van der Waals surface area contributed by atoms with Crippen molar-refractivity contribution in [1.29, 1.82) is 0 Å². The monoisotopic (exact) mass is 435 g/mol. The highest BCUT2D eigenvalue weighted by Gasteiger charge is 2.25. The van der Waals surface area contributed by atoms with Crippen molar-refractivity contribution in [1.82, 2.24) is 0 Å². The van der Waals surface area contributed by atoms with Crippen LogP contribution in [0.1, 0.15) is 12.0 Å². The van der Waals surface area contributed by atoms with Crippen LogP contribution in [-0.2, 0) is 11.2 Å². The molecule has 1 heterocycles. The molecule has 4 rings (SSSR count). The van der Waals surface area contributed by atoms with Crippen LogP contribution in [0.3, 0.4) is 0 Å². The van der Waals surface area contributed by atoms with E-state index in [2.05, 4.69) is 22.8 Å². The maximum absolute atomic E-state index is 12.5. The molecule has 0 bridgehead atoms. The van der Waals surface area contributed by atoms with E-state index in [9.17, 15) is 9.59 Å². The Morgan fingerprint density at radius 2 is 1.74 bits per heavy atom. The van der Waals surface area contributed by atoms with Gasteiger partial charge in [0.2, 0.25) is 0 Å². The van der Waals surface area contributed by atoms with Gasteiger partial charge in [-0.25, -0.2) is 4.79 Å². The number of hydrogen-bond acceptors (Lipinski definition) is 3. The molecule has 2 N–H and O–H groups in total. The maximum atomic E-state index is 12.5. The fourth-order valence-corrected chi connectivity index (χ4v) is 3.66. The second-order valence-corrected chi connectivity index (χ2v) is 7.63. The van der Waals surface area contributed by atoms with Crippen molar-refractivity contribution in [3.8, 4) is 5.75 Å². The largest absolute Gasteiger partial charge is 0.482 e. The molecule has 6 nitrogen and oxygen atoms in total. The Hall–Kier alpha value is -3.51. The summed E-state index contributed by atoms with van der Waals surface area (Å²) in [6, 6.07) is 21.9. The van der Waals surface area contributed by atoms with Crippen LogP contribution in [0.2, 0.25) is 5.02 Å². The Bertz CT molecular complexity index is 1090. The predicted octanol–water partition coefficient (Wildman–Crippen LogP) is 5.34. The first-order chi connectivity index (χ1) is 15.1. The normalized spacial score (nSPS) is 12.7. The lowest BCUT2D eigenvalue weighted by atomic mass is 10.1. The number of nitrogens with one attached hydrogen (secondary N) is 2. The topological polar surface area (TPSA) is 70.7 Å². The zero-order valence-electron chi connectivity index (χ0n) is 16.8. The SMILES string of the molecule is O=C(Nc1cccc(Cl)c1)Nc1ccc2c(c1)N(CCCc1ccccc1)C(=O)CO2. The number of benzene rings is 3. The minimum absolute atomic E-state index is 0.0143. The molecule has 0 saturated carbocycles. The van der Waals surface area contributed by atoms with Gasteiger partial charge >= 0.3 is 6.03 Å². The van der Waals surface area contributed by atoms with Crippen LogP contribution in [0.25, 0.3) is 0 Å². The molecular weight excluding hydrogens is 414 g/mol. The van der Waals surface area contributed by atoms with E-state index in [-0.39, 0.29) is 12.5 Å². The van der Waals surface area contributed by atoms with Gasteiger partial charge in [-0.05, 0) is 54.8 Å². The average molecular weight is 436 g/mol. The van der Waals surface area contributed by atoms with Crippen molar-refractivity contribution in [2.75, 3.05) is 28.7 Å². The Morgan fingerprint density at radius 3 is 2.52 bits per heavy atom. The molecule has 1 aliphatic heterocycles. The van der Waals surface area contributed by atoms with Crippen LogP contribution in [-0.4, -0.2) is 25.1 Å². The average Bonchev–Trinajstić information content (AvgIpc) is 2.76. The molecule has 3 aromatic carbocycles. The van der Waals surface area contributed by atoms with Gasteiger partial charge in [-0.15, -0.1) is 0 Å². The third-order valence-electron chi connectivity index (χ3n) is 4.93. The third-order valence-corrected chi connectivity index (χ3v) is 5.17. The molecule has 158 valence electrons. The van der Waals surface area contributed by atoms with Gasteiger partial charge < -0.3 is 20.3 Å². The summed E-state index contributed by atoms with van der Waals surface area (Å²) in [6.45, 7) is 0.586. The van der Waals surface area contributed by atoms with E-state index in [4.69, 9.17) is 16.3 Å². The van der Waals surface area contributed by atoms with Crippen LogP contribution in [0.5, 0.6) is 5.75 Å². The van der Waals surface area contributed by atoms with Crippen LogP contribution < -0.4 is 20.3 Å². The Kier molecular flexibility index (Phi) is 6.38. The van der Waals surface area contributed by atoms with Crippen molar-refractivity contribution >= 4 is 40.6 Å². The number of carbonyl (C=O) groups is 2. The van der Waals surface area contributed by atoms with Gasteiger partial charge in [0.1, 0.15) is 5.75 Å². The summed E-state index contributed by atoms with van der Waals surface area (Å²) in [4.78, 5) is 26.6. The fourth-order valence-electron chi connectivity index (χ4n) is 3.47. The summed E-state index contributed by atoms with van der Waals surface area (Å²) < 4.78 is 5.57. The zero-order valence-corrected chi connectivity index (χ0v) is 17.6. The van der Waals surface area contributed by atoms with Gasteiger partial charge in [0.15, 0.2) is 6.61 Å². The molecule has 0 saturated heterocycles. The summed E-state index contributed by atoms with van der Waals surface area (Å²) in [5, 5.41) is 6.06. The number of hydrogen-bond donors (Lipinski definition) is 2. The second kappa shape index (κ2) is 9.53. The number of carbonyl (C=O) groups excluding carboxylic acids is 2. The lowest BCUT2D eigenvalue weighted by Gasteiger charge is -2.30. The van der Waals surface area contributed by atoms with Gasteiger partial charge in [-0.2, -0.15) is 0 Å². The van der Waals surface area contributed by atoms with Gasteiger partial charge in [0.05, 0.1) is 5.69 Å². The predicted molar refractivity (Wildman–Crippen MR) is 123 cm³/mol. The molecule has 1 aliphatic rings. The molecular formula is C24H22ClN3O3. The number of amides is 3. The summed E-state index contributed by atoms with van der Waals surface area (Å²) in [5.74, 6) is 0.529. The van der Waals surface area contributed by atoms with Gasteiger partial charge in [-0.1, -0.05) is 48.0 Å². The van der Waals surface area contributed by atoms with Crippen molar-refractivity contribution in [3.05, 3.63) is 83.4 Å². The summed E-state index contributed by atoms with van der Waals surface area (Å²) in [6.07, 6.45) is 1.70. The van der Waals surface area contributed by atoms with E-state index in [0.717, 1.165) is 12.8 Å². The Morgan fingerprint density at radius 1 is 0.968 bits per heavy atom. The minimum atomic E-state index is -0.402. The highest BCUT2D eigenvalue weighted by molar-refractivity contribution is 6.30. The molecule has 3 aromatic rings. The minimum Gasteiger partial charge on any atom is -0.482 e. The third kappa shape index (κ3) is 5.35. The first-order valence-corrected chi connectivity index (χ1v) is 10.4. The maximum Gasteiger partial charge on any atom is 0.323 e. The van der Waals surface area contributed by atoms with Gasteiger partial charge in [0.25, 0.3) is 5.91 Å². The van der Waals surface area contributed by atoms with Crippen molar-refractivity contribution in [3.63, 3.8) is 0 Å². The number of halogens is 1. The van der Waals surface area contributed by atoms with E-state index in [1.165, 1.54) is 5.56 Å². The van der Waals surface area contributed by atoms with Crippen LogP contribution in [0, 0.1) is 0 Å². The van der Waals surface area contributed by atoms with E-state index in [1.54, 1.807) is 47.4 Å². The highest BCUT2D eigenvalue weighted by Crippen LogP contribution is 2.35. The summed E-state index contributed by atoms with van der Waals surface area (Å²) >= 11 is 5.96. The molecule has 0 atom stereocenters. The zero-order chi connectivity index (χ0) is 21.6. The standard InChI is InChI=1S/C24H22ClN3O3/c25-18-9-4-10-19(14-18)26-24(30)27-20-11-12-22-21(15-20)28(23(29)16-31-22)13-5-8-17-6-2-1-3-7-17/h1-4,6-7,9-12,14-15H,5,8,13,16H2,(H2,26,27,30). The molecule has 0 aromatic heterocycles. The smallest absolute Gasteiger partial charge is 0.323 e. The second-order valence-electron chi connectivity index (χ2n) is 7.20. The number of nitrogens with zero attached hydrogens (tertiary/aromatic N) is 1. The van der Waals surface area contributed by atoms with Crippen LogP contribution in [0.4, 0.5) is 21.9 Å². The number of ether oxygens (including phenoxy) is 1. The van der Waals surface area contributed by atoms with Crippen LogP contribution >= 0.6 is 11.6 Å². The highest BCUT2D eigenvalue weighted by atomic mass is 35.5. The van der Waals surface area contributed by atoms with Crippen molar-refractivity contribution < 1.29 is 14.3 Å². The lowest BCUT2D eigenvalue weighted by molar-refractivity contribution is -0.121.